The molecule has 1 aromatic heterocycles. The van der Waals surface area contributed by atoms with Crippen LogP contribution in [0.5, 0.6) is 0 Å². The lowest BCUT2D eigenvalue weighted by Gasteiger charge is -2.33. The first kappa shape index (κ1) is 23.9. The molecule has 0 amide bonds. The molecule has 2 heterocycles. The van der Waals surface area contributed by atoms with E-state index >= 15 is 0 Å². The van der Waals surface area contributed by atoms with Gasteiger partial charge < -0.3 is 15.2 Å². The number of guanidine groups is 1. The van der Waals surface area contributed by atoms with Gasteiger partial charge in [-0.05, 0) is 43.4 Å². The van der Waals surface area contributed by atoms with Gasteiger partial charge in [0.25, 0.3) is 0 Å². The number of likely N-dealkylation sites (tertiary alicyclic amines) is 1. The van der Waals surface area contributed by atoms with Gasteiger partial charge in [-0.2, -0.15) is 0 Å². The molecule has 0 spiro atoms. The molecule has 160 valence electrons. The molecule has 1 aliphatic heterocycles. The zero-order chi connectivity index (χ0) is 19.6. The highest BCUT2D eigenvalue weighted by molar-refractivity contribution is 14.0. The van der Waals surface area contributed by atoms with Crippen LogP contribution in [0.15, 0.2) is 41.9 Å². The van der Waals surface area contributed by atoms with Gasteiger partial charge in [-0.15, -0.1) is 34.2 Å². The van der Waals surface area contributed by atoms with Gasteiger partial charge >= 0.3 is 0 Å². The number of aliphatic imine (C=N–C) groups is 1. The summed E-state index contributed by atoms with van der Waals surface area (Å²) in [5.74, 6) is 0.903. The summed E-state index contributed by atoms with van der Waals surface area (Å²) < 4.78 is 2.00. The maximum atomic E-state index is 5.97. The molecule has 1 aliphatic rings. The van der Waals surface area contributed by atoms with Crippen LogP contribution < -0.4 is 10.6 Å². The van der Waals surface area contributed by atoms with Crippen LogP contribution in [-0.2, 0) is 13.1 Å². The van der Waals surface area contributed by atoms with Crippen molar-refractivity contribution in [2.24, 2.45) is 4.99 Å². The molecule has 1 fully saturated rings. The van der Waals surface area contributed by atoms with Gasteiger partial charge in [0.2, 0.25) is 0 Å². The smallest absolute Gasteiger partial charge is 0.191 e. The van der Waals surface area contributed by atoms with Crippen LogP contribution >= 0.6 is 35.6 Å². The molecule has 0 atom stereocenters. The lowest BCUT2D eigenvalue weighted by atomic mass is 10.0. The number of hydrogen-bond acceptors (Lipinski definition) is 4. The first-order valence-corrected chi connectivity index (χ1v) is 10.4. The minimum atomic E-state index is 0. The SMILES string of the molecule is CN=C(NCCCCn1cnnc1)NC1CCN(Cc2ccc(Cl)cc2)CC1.I. The fraction of sp³-hybridized carbons (Fsp3) is 0.550. The Morgan fingerprint density at radius 2 is 1.83 bits per heavy atom. The van der Waals surface area contributed by atoms with Crippen LogP contribution in [-0.4, -0.2) is 58.3 Å². The minimum absolute atomic E-state index is 0. The van der Waals surface area contributed by atoms with E-state index < -0.39 is 0 Å². The van der Waals surface area contributed by atoms with Crippen LogP contribution in [0.3, 0.4) is 0 Å². The van der Waals surface area contributed by atoms with E-state index in [1.54, 1.807) is 12.7 Å². The number of aryl methyl sites for hydroxylation is 1. The molecule has 0 bridgehead atoms. The summed E-state index contributed by atoms with van der Waals surface area (Å²) >= 11 is 5.97. The average molecular weight is 532 g/mol. The van der Waals surface area contributed by atoms with Crippen LogP contribution in [0.4, 0.5) is 0 Å². The van der Waals surface area contributed by atoms with Crippen molar-refractivity contribution >= 4 is 41.5 Å². The number of piperidine rings is 1. The number of benzene rings is 1. The van der Waals surface area contributed by atoms with Crippen LogP contribution in [0.25, 0.3) is 0 Å². The Labute approximate surface area is 195 Å². The van der Waals surface area contributed by atoms with E-state index in [0.29, 0.717) is 6.04 Å². The van der Waals surface area contributed by atoms with Crippen molar-refractivity contribution in [2.75, 3.05) is 26.7 Å². The molecule has 2 N–H and O–H groups in total. The largest absolute Gasteiger partial charge is 0.356 e. The summed E-state index contributed by atoms with van der Waals surface area (Å²) in [5.41, 5.74) is 1.32. The molecule has 0 aliphatic carbocycles. The van der Waals surface area contributed by atoms with Crippen LogP contribution in [0.2, 0.25) is 5.02 Å². The molecule has 1 saturated heterocycles. The maximum Gasteiger partial charge on any atom is 0.191 e. The molecule has 7 nitrogen and oxygen atoms in total. The topological polar surface area (TPSA) is 70.4 Å². The van der Waals surface area contributed by atoms with Crippen molar-refractivity contribution in [3.8, 4) is 0 Å². The zero-order valence-corrected chi connectivity index (χ0v) is 20.0. The second-order valence-electron chi connectivity index (χ2n) is 7.23. The molecule has 0 saturated carbocycles. The first-order valence-electron chi connectivity index (χ1n) is 9.99. The summed E-state index contributed by atoms with van der Waals surface area (Å²) in [4.78, 5) is 6.87. The fourth-order valence-corrected chi connectivity index (χ4v) is 3.56. The quantitative estimate of drug-likeness (QED) is 0.237. The van der Waals surface area contributed by atoms with Gasteiger partial charge in [-0.3, -0.25) is 9.89 Å². The van der Waals surface area contributed by atoms with E-state index in [1.807, 2.05) is 23.7 Å². The summed E-state index contributed by atoms with van der Waals surface area (Å²) in [5, 5.41) is 15.4. The number of nitrogens with zero attached hydrogens (tertiary/aromatic N) is 5. The minimum Gasteiger partial charge on any atom is -0.356 e. The lowest BCUT2D eigenvalue weighted by molar-refractivity contribution is 0.198. The third-order valence-electron chi connectivity index (χ3n) is 5.07. The number of aromatic nitrogens is 3. The molecular formula is C20H31ClIN7. The number of nitrogens with one attached hydrogen (secondary N) is 2. The van der Waals surface area contributed by atoms with E-state index in [2.05, 4.69) is 42.9 Å². The molecule has 29 heavy (non-hydrogen) atoms. The van der Waals surface area contributed by atoms with Crippen molar-refractivity contribution in [3.63, 3.8) is 0 Å². The number of rotatable bonds is 8. The van der Waals surface area contributed by atoms with Crippen molar-refractivity contribution in [1.82, 2.24) is 30.3 Å². The Bertz CT molecular complexity index is 713. The summed E-state index contributed by atoms with van der Waals surface area (Å²) in [6, 6.07) is 8.63. The Hall–Kier alpha value is -1.39. The average Bonchev–Trinajstić information content (AvgIpc) is 3.23. The van der Waals surface area contributed by atoms with E-state index in [9.17, 15) is 0 Å². The standard InChI is InChI=1S/C20H30ClN7.HI/c1-22-20(23-10-2-3-11-28-15-24-25-16-28)26-19-8-12-27(13-9-19)14-17-4-6-18(21)7-5-17;/h4-7,15-16,19H,2-3,8-14H2,1H3,(H2,22,23,26);1H. The highest BCUT2D eigenvalue weighted by Crippen LogP contribution is 2.16. The highest BCUT2D eigenvalue weighted by Gasteiger charge is 2.19. The summed E-state index contributed by atoms with van der Waals surface area (Å²) in [7, 11) is 1.84. The Morgan fingerprint density at radius 1 is 1.14 bits per heavy atom. The molecule has 2 aromatic rings. The first-order chi connectivity index (χ1) is 13.7. The van der Waals surface area contributed by atoms with Crippen LogP contribution in [0.1, 0.15) is 31.2 Å². The molecule has 3 rings (SSSR count). The monoisotopic (exact) mass is 531 g/mol. The molecular weight excluding hydrogens is 501 g/mol. The van der Waals surface area contributed by atoms with Gasteiger partial charge in [0.1, 0.15) is 12.7 Å². The zero-order valence-electron chi connectivity index (χ0n) is 16.9. The van der Waals surface area contributed by atoms with Gasteiger partial charge in [-0.1, -0.05) is 23.7 Å². The Morgan fingerprint density at radius 3 is 2.48 bits per heavy atom. The van der Waals surface area contributed by atoms with Gasteiger partial charge in [-0.25, -0.2) is 0 Å². The fourth-order valence-electron chi connectivity index (χ4n) is 3.44. The van der Waals surface area contributed by atoms with E-state index in [-0.39, 0.29) is 24.0 Å². The van der Waals surface area contributed by atoms with E-state index in [1.165, 1.54) is 5.56 Å². The van der Waals surface area contributed by atoms with Crippen LogP contribution in [0, 0.1) is 0 Å². The summed E-state index contributed by atoms with van der Waals surface area (Å²) in [6.07, 6.45) is 7.94. The number of halogens is 2. The van der Waals surface area contributed by atoms with Gasteiger partial charge in [0, 0.05) is 50.8 Å². The van der Waals surface area contributed by atoms with E-state index in [0.717, 1.165) is 69.4 Å². The number of unbranched alkanes of at least 4 members (excludes halogenated alkanes) is 1. The molecule has 0 radical (unpaired) electrons. The molecule has 9 heteroatoms. The molecule has 0 unspecified atom stereocenters. The second-order valence-corrected chi connectivity index (χ2v) is 7.66. The van der Waals surface area contributed by atoms with E-state index in [4.69, 9.17) is 11.6 Å². The second kappa shape index (κ2) is 13.0. The molecule has 1 aromatic carbocycles. The predicted molar refractivity (Wildman–Crippen MR) is 129 cm³/mol. The van der Waals surface area contributed by atoms with Gasteiger partial charge in [0.15, 0.2) is 5.96 Å². The third kappa shape index (κ3) is 8.47. The summed E-state index contributed by atoms with van der Waals surface area (Å²) in [6.45, 7) is 5.04. The van der Waals surface area contributed by atoms with Crippen molar-refractivity contribution in [1.29, 1.82) is 0 Å². The van der Waals surface area contributed by atoms with Crippen molar-refractivity contribution in [3.05, 3.63) is 47.5 Å². The maximum absolute atomic E-state index is 5.97. The number of hydrogen-bond donors (Lipinski definition) is 2. The van der Waals surface area contributed by atoms with Crippen molar-refractivity contribution in [2.45, 2.75) is 44.8 Å². The lowest BCUT2D eigenvalue weighted by Crippen LogP contribution is -2.48. The van der Waals surface area contributed by atoms with Gasteiger partial charge in [0.05, 0.1) is 0 Å². The predicted octanol–water partition coefficient (Wildman–Crippen LogP) is 3.16. The third-order valence-corrected chi connectivity index (χ3v) is 5.33. The Kier molecular flexibility index (Phi) is 10.7. The normalized spacial score (nSPS) is 15.7. The van der Waals surface area contributed by atoms with Crippen molar-refractivity contribution < 1.29 is 0 Å². The highest BCUT2D eigenvalue weighted by atomic mass is 127. The Balaban J connectivity index is 0.00000300.